The monoisotopic (exact) mass is 398 g/mol. The minimum Gasteiger partial charge on any atom is -0.461 e. The Hall–Kier alpha value is -2.80. The second-order valence-electron chi connectivity index (χ2n) is 7.30. The lowest BCUT2D eigenvalue weighted by Crippen LogP contribution is -2.35. The van der Waals surface area contributed by atoms with Crippen LogP contribution in [0.1, 0.15) is 36.8 Å². The van der Waals surface area contributed by atoms with Crippen molar-refractivity contribution >= 4 is 23.5 Å². The highest BCUT2D eigenvalue weighted by molar-refractivity contribution is 7.98. The summed E-state index contributed by atoms with van der Waals surface area (Å²) >= 11 is 1.48. The van der Waals surface area contributed by atoms with E-state index in [1.807, 2.05) is 39.0 Å². The Balaban J connectivity index is 1.64. The van der Waals surface area contributed by atoms with E-state index in [0.29, 0.717) is 22.8 Å². The van der Waals surface area contributed by atoms with E-state index < -0.39 is 5.41 Å². The van der Waals surface area contributed by atoms with Crippen molar-refractivity contribution in [3.05, 3.63) is 60.0 Å². The van der Waals surface area contributed by atoms with E-state index in [2.05, 4.69) is 10.5 Å². The maximum absolute atomic E-state index is 12.5. The number of amides is 1. The number of hydrogen-bond donors (Lipinski definition) is 1. The van der Waals surface area contributed by atoms with Gasteiger partial charge in [-0.1, -0.05) is 38.1 Å². The third-order valence-electron chi connectivity index (χ3n) is 4.08. The summed E-state index contributed by atoms with van der Waals surface area (Å²) in [7, 11) is 0. The molecule has 3 rings (SSSR count). The molecule has 0 aliphatic carbocycles. The molecular weight excluding hydrogens is 376 g/mol. The van der Waals surface area contributed by atoms with Crippen LogP contribution in [0.25, 0.3) is 11.5 Å². The number of nitrogens with zero attached hydrogens (tertiary/aromatic N) is 1. The van der Waals surface area contributed by atoms with E-state index in [9.17, 15) is 9.59 Å². The number of ketones is 1. The van der Waals surface area contributed by atoms with Gasteiger partial charge in [0.2, 0.25) is 5.76 Å². The molecule has 0 radical (unpaired) electrons. The first-order valence-electron chi connectivity index (χ1n) is 8.87. The molecule has 0 spiro atoms. The van der Waals surface area contributed by atoms with Gasteiger partial charge in [0.05, 0.1) is 24.1 Å². The van der Waals surface area contributed by atoms with Gasteiger partial charge < -0.3 is 14.3 Å². The van der Waals surface area contributed by atoms with Gasteiger partial charge in [0.15, 0.2) is 11.5 Å². The molecule has 6 nitrogen and oxygen atoms in total. The minimum atomic E-state index is -0.486. The molecule has 2 heterocycles. The quantitative estimate of drug-likeness (QED) is 0.587. The van der Waals surface area contributed by atoms with Crippen molar-refractivity contribution in [1.82, 2.24) is 10.5 Å². The SMILES string of the molecule is CC(C)(C)C(=O)CNC(=O)c1ccccc1SCc1cc(-c2ccco2)on1. The molecule has 0 bridgehead atoms. The van der Waals surface area contributed by atoms with Crippen molar-refractivity contribution in [2.75, 3.05) is 6.54 Å². The van der Waals surface area contributed by atoms with Crippen LogP contribution in [0.4, 0.5) is 0 Å². The summed E-state index contributed by atoms with van der Waals surface area (Å²) in [5.41, 5.74) is 0.790. The molecule has 0 saturated heterocycles. The number of carbonyl (C=O) groups excluding carboxylic acids is 2. The summed E-state index contributed by atoms with van der Waals surface area (Å²) < 4.78 is 10.6. The molecule has 146 valence electrons. The standard InChI is InChI=1S/C21H22N2O4S/c1-21(2,3)19(24)12-22-20(25)15-7-4-5-9-18(15)28-13-14-11-17(27-23-14)16-8-6-10-26-16/h4-11H,12-13H2,1-3H3,(H,22,25). The van der Waals surface area contributed by atoms with Gasteiger partial charge in [0.1, 0.15) is 0 Å². The molecule has 0 unspecified atom stereocenters. The van der Waals surface area contributed by atoms with Crippen LogP contribution >= 0.6 is 11.8 Å². The normalized spacial score (nSPS) is 11.4. The van der Waals surface area contributed by atoms with E-state index >= 15 is 0 Å². The second-order valence-corrected chi connectivity index (χ2v) is 8.32. The highest BCUT2D eigenvalue weighted by Crippen LogP contribution is 2.28. The Kier molecular flexibility index (Phi) is 6.04. The predicted octanol–water partition coefficient (Wildman–Crippen LogP) is 4.57. The molecule has 7 heteroatoms. The summed E-state index contributed by atoms with van der Waals surface area (Å²) in [5.74, 6) is 1.44. The number of aromatic nitrogens is 1. The number of rotatable bonds is 7. The van der Waals surface area contributed by atoms with E-state index in [1.165, 1.54) is 11.8 Å². The minimum absolute atomic E-state index is 0.0110. The number of thioether (sulfide) groups is 1. The average molecular weight is 398 g/mol. The van der Waals surface area contributed by atoms with Crippen LogP contribution in [0.2, 0.25) is 0 Å². The predicted molar refractivity (Wildman–Crippen MR) is 107 cm³/mol. The first kappa shape index (κ1) is 19.9. The lowest BCUT2D eigenvalue weighted by Gasteiger charge is -2.17. The fourth-order valence-electron chi connectivity index (χ4n) is 2.37. The summed E-state index contributed by atoms with van der Waals surface area (Å²) in [6.45, 7) is 5.51. The third-order valence-corrected chi connectivity index (χ3v) is 5.18. The molecule has 0 saturated carbocycles. The summed E-state index contributed by atoms with van der Waals surface area (Å²) in [4.78, 5) is 25.4. The lowest BCUT2D eigenvalue weighted by molar-refractivity contribution is -0.125. The molecule has 3 aromatic rings. The van der Waals surface area contributed by atoms with Gasteiger partial charge in [0.25, 0.3) is 5.91 Å². The van der Waals surface area contributed by atoms with Gasteiger partial charge >= 0.3 is 0 Å². The van der Waals surface area contributed by atoms with Crippen molar-refractivity contribution in [1.29, 1.82) is 0 Å². The molecule has 28 heavy (non-hydrogen) atoms. The molecule has 0 atom stereocenters. The molecule has 0 aliphatic heterocycles. The molecule has 1 aromatic carbocycles. The number of nitrogens with one attached hydrogen (secondary N) is 1. The Morgan fingerprint density at radius 1 is 1.11 bits per heavy atom. The van der Waals surface area contributed by atoms with E-state index in [-0.39, 0.29) is 18.2 Å². The van der Waals surface area contributed by atoms with Crippen molar-refractivity contribution in [2.45, 2.75) is 31.4 Å². The first-order valence-corrected chi connectivity index (χ1v) is 9.86. The summed E-state index contributed by atoms with van der Waals surface area (Å²) in [6, 6.07) is 12.7. The van der Waals surface area contributed by atoms with Crippen LogP contribution in [0.3, 0.4) is 0 Å². The third kappa shape index (κ3) is 4.92. The molecule has 0 fully saturated rings. The van der Waals surface area contributed by atoms with Gasteiger partial charge in [-0.15, -0.1) is 11.8 Å². The van der Waals surface area contributed by atoms with Crippen molar-refractivity contribution < 1.29 is 18.5 Å². The highest BCUT2D eigenvalue weighted by atomic mass is 32.2. The van der Waals surface area contributed by atoms with Gasteiger partial charge in [-0.25, -0.2) is 0 Å². The average Bonchev–Trinajstić information content (AvgIpc) is 3.35. The van der Waals surface area contributed by atoms with Crippen LogP contribution in [0.15, 0.2) is 62.6 Å². The maximum atomic E-state index is 12.5. The van der Waals surface area contributed by atoms with Gasteiger partial charge in [-0.05, 0) is 24.3 Å². The van der Waals surface area contributed by atoms with Crippen molar-refractivity contribution in [3.63, 3.8) is 0 Å². The lowest BCUT2D eigenvalue weighted by atomic mass is 9.91. The zero-order valence-electron chi connectivity index (χ0n) is 16.0. The van der Waals surface area contributed by atoms with Crippen LogP contribution in [0.5, 0.6) is 0 Å². The van der Waals surface area contributed by atoms with Gasteiger partial charge in [-0.3, -0.25) is 9.59 Å². The summed E-state index contributed by atoms with van der Waals surface area (Å²) in [6.07, 6.45) is 1.57. The van der Waals surface area contributed by atoms with E-state index in [4.69, 9.17) is 8.94 Å². The van der Waals surface area contributed by atoms with Gasteiger partial charge in [0, 0.05) is 22.1 Å². The fourth-order valence-corrected chi connectivity index (χ4v) is 3.30. The Labute approximate surface area is 167 Å². The number of benzene rings is 1. The van der Waals surface area contributed by atoms with Crippen molar-refractivity contribution in [3.8, 4) is 11.5 Å². The first-order chi connectivity index (χ1) is 13.3. The highest BCUT2D eigenvalue weighted by Gasteiger charge is 2.22. The number of hydrogen-bond acceptors (Lipinski definition) is 6. The molecular formula is C21H22N2O4S. The second kappa shape index (κ2) is 8.48. The number of furan rings is 1. The molecule has 0 aliphatic rings. The fraction of sp³-hybridized carbons (Fsp3) is 0.286. The molecule has 1 amide bonds. The van der Waals surface area contributed by atoms with E-state index in [1.54, 1.807) is 30.5 Å². The number of Topliss-reactive ketones (excluding diaryl/α,β-unsaturated/α-hetero) is 1. The van der Waals surface area contributed by atoms with Gasteiger partial charge in [-0.2, -0.15) is 0 Å². The van der Waals surface area contributed by atoms with Crippen LogP contribution in [0, 0.1) is 5.41 Å². The smallest absolute Gasteiger partial charge is 0.252 e. The molecule has 1 N–H and O–H groups in total. The maximum Gasteiger partial charge on any atom is 0.252 e. The van der Waals surface area contributed by atoms with Crippen LogP contribution in [-0.4, -0.2) is 23.4 Å². The van der Waals surface area contributed by atoms with E-state index in [0.717, 1.165) is 10.6 Å². The largest absolute Gasteiger partial charge is 0.461 e. The van der Waals surface area contributed by atoms with Crippen molar-refractivity contribution in [2.24, 2.45) is 5.41 Å². The topological polar surface area (TPSA) is 85.3 Å². The Morgan fingerprint density at radius 3 is 2.61 bits per heavy atom. The molecule has 2 aromatic heterocycles. The summed E-state index contributed by atoms with van der Waals surface area (Å²) in [5, 5.41) is 6.77. The Morgan fingerprint density at radius 2 is 1.89 bits per heavy atom. The van der Waals surface area contributed by atoms with Crippen LogP contribution < -0.4 is 5.32 Å². The number of carbonyl (C=O) groups is 2. The van der Waals surface area contributed by atoms with Crippen LogP contribution in [-0.2, 0) is 10.5 Å². The zero-order valence-corrected chi connectivity index (χ0v) is 16.8. The zero-order chi connectivity index (χ0) is 20.1. The Bertz CT molecular complexity index is 955.